The zero-order valence-corrected chi connectivity index (χ0v) is 14.8. The van der Waals surface area contributed by atoms with E-state index in [-0.39, 0.29) is 65.4 Å². The van der Waals surface area contributed by atoms with Crippen molar-refractivity contribution in [1.82, 2.24) is 0 Å². The predicted molar refractivity (Wildman–Crippen MR) is 59.6 cm³/mol. The molecule has 0 bridgehead atoms. The third kappa shape index (κ3) is 10.4. The van der Waals surface area contributed by atoms with Gasteiger partial charge in [-0.1, -0.05) is 0 Å². The van der Waals surface area contributed by atoms with E-state index >= 15 is 0 Å². The minimum Gasteiger partial charge on any atom is -0.388 e. The van der Waals surface area contributed by atoms with Crippen LogP contribution in [0, 0.1) is 0 Å². The monoisotopic (exact) mass is 306 g/mol. The first-order valence-corrected chi connectivity index (χ1v) is 5.59. The Morgan fingerprint density at radius 3 is 1.83 bits per heavy atom. The van der Waals surface area contributed by atoms with E-state index in [1.807, 2.05) is 0 Å². The van der Waals surface area contributed by atoms with E-state index in [0.29, 0.717) is 0 Å². The minimum absolute atomic E-state index is 0. The van der Waals surface area contributed by atoms with Gasteiger partial charge in [-0.05, 0) is 0 Å². The molecule has 0 aliphatic rings. The number of phosphoric ester groups is 1. The zero-order valence-electron chi connectivity index (χ0n) is 9.95. The number of aldehydes is 1. The fourth-order valence-electron chi connectivity index (χ4n) is 0.782. The summed E-state index contributed by atoms with van der Waals surface area (Å²) < 4.78 is 14.1. The molecule has 0 saturated carbocycles. The summed E-state index contributed by atoms with van der Waals surface area (Å²) in [5.41, 5.74) is 0. The van der Waals surface area contributed by atoms with E-state index in [2.05, 4.69) is 4.52 Å². The summed E-state index contributed by atoms with van der Waals surface area (Å²) >= 11 is 0. The topological polar surface area (TPSA) is 165 Å². The molecular weight excluding hydrogens is 293 g/mol. The molecule has 12 heteroatoms. The number of carbonyl (C=O) groups is 1. The standard InChI is InChI=1S/C6H13O9P.2Na/c7-1-3(8)5(10)6(11)4(9)2-15-16(12,13)14;;/h1,3-6,8-11H,2H2,(H2,12,13,14);;/t3-,4+,5+,6-;;/m0../s1. The van der Waals surface area contributed by atoms with Crippen LogP contribution in [0.3, 0.4) is 0 Å². The van der Waals surface area contributed by atoms with Gasteiger partial charge in [-0.25, -0.2) is 4.57 Å². The summed E-state index contributed by atoms with van der Waals surface area (Å²) in [6.45, 7) is -0.964. The van der Waals surface area contributed by atoms with Crippen molar-refractivity contribution in [3.05, 3.63) is 0 Å². The van der Waals surface area contributed by atoms with Crippen LogP contribution in [0.5, 0.6) is 0 Å². The summed E-state index contributed by atoms with van der Waals surface area (Å²) in [5, 5.41) is 36.1. The fourth-order valence-corrected chi connectivity index (χ4v) is 1.13. The average Bonchev–Trinajstić information content (AvgIpc) is 2.21. The van der Waals surface area contributed by atoms with Gasteiger partial charge < -0.3 is 35.0 Å². The second kappa shape index (κ2) is 11.3. The normalized spacial score (nSPS) is 17.7. The number of hydrogen-bond acceptors (Lipinski definition) is 7. The van der Waals surface area contributed by atoms with Gasteiger partial charge in [0.1, 0.15) is 24.4 Å². The molecule has 0 unspecified atom stereocenters. The van der Waals surface area contributed by atoms with Crippen molar-refractivity contribution < 1.29 is 44.1 Å². The van der Waals surface area contributed by atoms with Gasteiger partial charge in [0.2, 0.25) is 0 Å². The number of phosphoric acid groups is 1. The molecule has 4 atom stereocenters. The van der Waals surface area contributed by atoms with Crippen molar-refractivity contribution in [3.8, 4) is 0 Å². The number of aliphatic hydroxyl groups is 4. The summed E-state index contributed by atoms with van der Waals surface area (Å²) in [6.07, 6.45) is -7.80. The largest absolute Gasteiger partial charge is 0.469 e. The molecule has 9 nitrogen and oxygen atoms in total. The van der Waals surface area contributed by atoms with E-state index < -0.39 is 38.8 Å². The van der Waals surface area contributed by atoms with Gasteiger partial charge >= 0.3 is 7.82 Å². The van der Waals surface area contributed by atoms with Crippen molar-refractivity contribution in [3.63, 3.8) is 0 Å². The average molecular weight is 306 g/mol. The number of hydrogen-bond donors (Lipinski definition) is 6. The Hall–Kier alpha value is 1.62. The molecular formula is C6H13Na2O9P. The number of rotatable bonds is 7. The third-order valence-corrected chi connectivity index (χ3v) is 2.13. The maximum atomic E-state index is 10.2. The van der Waals surface area contributed by atoms with Gasteiger partial charge in [0.25, 0.3) is 0 Å². The van der Waals surface area contributed by atoms with E-state index in [9.17, 15) is 9.36 Å². The van der Waals surface area contributed by atoms with E-state index in [1.54, 1.807) is 0 Å². The molecule has 0 aromatic rings. The van der Waals surface area contributed by atoms with Crippen LogP contribution in [0.25, 0.3) is 0 Å². The molecule has 98 valence electrons. The Bertz CT molecular complexity index is 272. The first-order valence-electron chi connectivity index (χ1n) is 4.06. The Morgan fingerprint density at radius 1 is 1.06 bits per heavy atom. The van der Waals surface area contributed by atoms with Gasteiger partial charge in [-0.2, -0.15) is 0 Å². The van der Waals surface area contributed by atoms with Gasteiger partial charge in [-0.3, -0.25) is 4.52 Å². The molecule has 0 fully saturated rings. The van der Waals surface area contributed by atoms with Gasteiger partial charge in [0, 0.05) is 59.1 Å². The van der Waals surface area contributed by atoms with Crippen molar-refractivity contribution in [2.24, 2.45) is 0 Å². The first kappa shape index (κ1) is 24.6. The van der Waals surface area contributed by atoms with E-state index in [4.69, 9.17) is 30.2 Å². The van der Waals surface area contributed by atoms with Crippen molar-refractivity contribution >= 4 is 73.2 Å². The molecule has 0 aromatic heterocycles. The fraction of sp³-hybridized carbons (Fsp3) is 0.833. The first-order chi connectivity index (χ1) is 7.19. The van der Waals surface area contributed by atoms with E-state index in [0.717, 1.165) is 0 Å². The van der Waals surface area contributed by atoms with Gasteiger partial charge in [0.15, 0.2) is 6.29 Å². The summed E-state index contributed by atoms with van der Waals surface area (Å²) in [5.74, 6) is 0. The van der Waals surface area contributed by atoms with Crippen LogP contribution in [0.1, 0.15) is 0 Å². The summed E-state index contributed by atoms with van der Waals surface area (Å²) in [6, 6.07) is 0. The van der Waals surface area contributed by atoms with Crippen molar-refractivity contribution in [1.29, 1.82) is 0 Å². The van der Waals surface area contributed by atoms with Crippen LogP contribution in [-0.4, -0.2) is 127 Å². The number of carbonyl (C=O) groups excluding carboxylic acids is 1. The molecule has 0 spiro atoms. The smallest absolute Gasteiger partial charge is 0.388 e. The molecule has 0 saturated heterocycles. The summed E-state index contributed by atoms with van der Waals surface area (Å²) in [7, 11) is -4.80. The van der Waals surface area contributed by atoms with Crippen LogP contribution >= 0.6 is 7.82 Å². The molecule has 0 aromatic carbocycles. The summed E-state index contributed by atoms with van der Waals surface area (Å²) in [4.78, 5) is 26.6. The van der Waals surface area contributed by atoms with Gasteiger partial charge in [-0.15, -0.1) is 0 Å². The quantitative estimate of drug-likeness (QED) is 0.156. The van der Waals surface area contributed by atoms with Crippen LogP contribution in [0.4, 0.5) is 0 Å². The SMILES string of the molecule is O=C[C@H](O)[C@@H](O)[C@@H](O)[C@H](O)COP(=O)(O)O.[Na].[Na]. The van der Waals surface area contributed by atoms with Crippen molar-refractivity contribution in [2.45, 2.75) is 24.4 Å². The predicted octanol–water partition coefficient (Wildman–Crippen LogP) is -4.02. The molecule has 6 N–H and O–H groups in total. The molecule has 18 heavy (non-hydrogen) atoms. The molecule has 0 aliphatic carbocycles. The van der Waals surface area contributed by atoms with E-state index in [1.165, 1.54) is 0 Å². The Kier molecular flexibility index (Phi) is 15.5. The van der Waals surface area contributed by atoms with Crippen LogP contribution < -0.4 is 0 Å². The Labute approximate surface area is 147 Å². The maximum Gasteiger partial charge on any atom is 0.469 e. The Morgan fingerprint density at radius 2 is 1.50 bits per heavy atom. The van der Waals surface area contributed by atoms with Crippen LogP contribution in [0.15, 0.2) is 0 Å². The Balaban J connectivity index is -0.00000112. The molecule has 2 radical (unpaired) electrons. The molecule has 0 aliphatic heterocycles. The third-order valence-electron chi connectivity index (χ3n) is 1.65. The molecule has 0 amide bonds. The second-order valence-corrected chi connectivity index (χ2v) is 4.20. The minimum atomic E-state index is -4.80. The second-order valence-electron chi connectivity index (χ2n) is 2.96. The zero-order chi connectivity index (χ0) is 12.9. The number of aliphatic hydroxyl groups excluding tert-OH is 4. The maximum absolute atomic E-state index is 10.2. The van der Waals surface area contributed by atoms with Crippen LogP contribution in [0.2, 0.25) is 0 Å². The van der Waals surface area contributed by atoms with Crippen molar-refractivity contribution in [2.75, 3.05) is 6.61 Å². The van der Waals surface area contributed by atoms with Crippen LogP contribution in [-0.2, 0) is 13.9 Å². The molecule has 0 heterocycles. The molecule has 0 rings (SSSR count). The van der Waals surface area contributed by atoms with Gasteiger partial charge in [0.05, 0.1) is 6.61 Å².